The van der Waals surface area contributed by atoms with Crippen molar-refractivity contribution in [3.05, 3.63) is 65.5 Å². The highest BCUT2D eigenvalue weighted by Gasteiger charge is 2.32. The summed E-state index contributed by atoms with van der Waals surface area (Å²) in [5.41, 5.74) is 6.38. The summed E-state index contributed by atoms with van der Waals surface area (Å²) < 4.78 is 38.7. The van der Waals surface area contributed by atoms with Crippen LogP contribution in [0.2, 0.25) is 0 Å². The molecule has 1 aliphatic rings. The van der Waals surface area contributed by atoms with Gasteiger partial charge in [0, 0.05) is 23.9 Å². The Bertz CT molecular complexity index is 1070. The number of halogens is 3. The number of nitrogens with one attached hydrogen (secondary N) is 2. The Hall–Kier alpha value is -3.20. The monoisotopic (exact) mass is 415 g/mol. The van der Waals surface area contributed by atoms with Crippen LogP contribution in [0.1, 0.15) is 33.8 Å². The maximum absolute atomic E-state index is 12.9. The lowest BCUT2D eigenvalue weighted by molar-refractivity contribution is -0.137. The smallest absolute Gasteiger partial charge is 0.366 e. The van der Waals surface area contributed by atoms with Crippen molar-refractivity contribution in [2.24, 2.45) is 5.73 Å². The largest absolute Gasteiger partial charge is 0.416 e. The highest BCUT2D eigenvalue weighted by molar-refractivity contribution is 6.06. The Kier molecular flexibility index (Phi) is 5.29. The lowest BCUT2D eigenvalue weighted by Crippen LogP contribution is -2.44. The van der Waals surface area contributed by atoms with Gasteiger partial charge in [0.2, 0.25) is 0 Å². The van der Waals surface area contributed by atoms with Crippen molar-refractivity contribution < 1.29 is 18.0 Å². The van der Waals surface area contributed by atoms with E-state index in [9.17, 15) is 18.0 Å². The summed E-state index contributed by atoms with van der Waals surface area (Å²) in [7, 11) is 0. The van der Waals surface area contributed by atoms with Gasteiger partial charge in [-0.3, -0.25) is 4.79 Å². The molecule has 3 aromatic rings. The summed E-state index contributed by atoms with van der Waals surface area (Å²) in [6.07, 6.45) is -2.23. The maximum Gasteiger partial charge on any atom is 0.416 e. The minimum atomic E-state index is -4.36. The van der Waals surface area contributed by atoms with Crippen LogP contribution in [-0.2, 0) is 6.18 Å². The molecule has 0 bridgehead atoms. The first-order valence-electron chi connectivity index (χ1n) is 9.52. The first kappa shape index (κ1) is 20.1. The molecule has 156 valence electrons. The van der Waals surface area contributed by atoms with E-state index in [4.69, 9.17) is 5.73 Å². The number of piperidine rings is 1. The first-order valence-corrected chi connectivity index (χ1v) is 9.52. The topological polar surface area (TPSA) is 92.9 Å². The lowest BCUT2D eigenvalue weighted by atomic mass is 9.85. The van der Waals surface area contributed by atoms with E-state index in [1.807, 2.05) is 0 Å². The number of anilines is 1. The van der Waals surface area contributed by atoms with Crippen LogP contribution in [0.5, 0.6) is 0 Å². The molecule has 4 rings (SSSR count). The predicted molar refractivity (Wildman–Crippen MR) is 107 cm³/mol. The number of amides is 1. The van der Waals surface area contributed by atoms with Crippen molar-refractivity contribution in [3.63, 3.8) is 0 Å². The van der Waals surface area contributed by atoms with Crippen molar-refractivity contribution in [2.45, 2.75) is 24.6 Å². The molecule has 2 heterocycles. The van der Waals surface area contributed by atoms with Crippen LogP contribution in [0.15, 0.2) is 48.8 Å². The third-order valence-electron chi connectivity index (χ3n) is 5.40. The van der Waals surface area contributed by atoms with Crippen molar-refractivity contribution in [3.8, 4) is 0 Å². The highest BCUT2D eigenvalue weighted by Crippen LogP contribution is 2.33. The second-order valence-electron chi connectivity index (χ2n) is 7.26. The fourth-order valence-corrected chi connectivity index (χ4v) is 3.91. The van der Waals surface area contributed by atoms with Gasteiger partial charge in [0.15, 0.2) is 0 Å². The van der Waals surface area contributed by atoms with Crippen LogP contribution >= 0.6 is 0 Å². The normalized spacial score (nSPS) is 19.6. The molecule has 1 aliphatic heterocycles. The van der Waals surface area contributed by atoms with Crippen molar-refractivity contribution >= 4 is 22.6 Å². The summed E-state index contributed by atoms with van der Waals surface area (Å²) in [6, 6.07) is 10.3. The van der Waals surface area contributed by atoms with E-state index >= 15 is 0 Å². The third kappa shape index (κ3) is 3.93. The molecule has 2 atom stereocenters. The van der Waals surface area contributed by atoms with Crippen LogP contribution in [0.3, 0.4) is 0 Å². The van der Waals surface area contributed by atoms with Crippen LogP contribution < -0.4 is 16.4 Å². The van der Waals surface area contributed by atoms with E-state index in [2.05, 4.69) is 20.6 Å². The van der Waals surface area contributed by atoms with Gasteiger partial charge >= 0.3 is 6.18 Å². The summed E-state index contributed by atoms with van der Waals surface area (Å²) in [5.74, 6) is -0.0289. The maximum atomic E-state index is 12.9. The predicted octanol–water partition coefficient (Wildman–Crippen LogP) is 3.31. The van der Waals surface area contributed by atoms with Gasteiger partial charge in [0.05, 0.1) is 16.6 Å². The molecule has 2 aromatic carbocycles. The molecule has 1 saturated heterocycles. The van der Waals surface area contributed by atoms with Gasteiger partial charge in [-0.25, -0.2) is 9.97 Å². The number of rotatable bonds is 4. The average molecular weight is 415 g/mol. The SMILES string of the molecule is NC(=O)c1cccc2c(NC3CNCC[C@@H]3c3ccc(C(F)(F)F)cc3)ncnc12. The number of nitrogens with two attached hydrogens (primary N) is 1. The van der Waals surface area contributed by atoms with Gasteiger partial charge in [0.1, 0.15) is 12.1 Å². The second-order valence-corrected chi connectivity index (χ2v) is 7.26. The van der Waals surface area contributed by atoms with E-state index in [1.54, 1.807) is 18.2 Å². The molecule has 0 saturated carbocycles. The van der Waals surface area contributed by atoms with E-state index in [0.717, 1.165) is 30.7 Å². The van der Waals surface area contributed by atoms with Crippen molar-refractivity contribution in [1.82, 2.24) is 15.3 Å². The molecule has 6 nitrogen and oxygen atoms in total. The van der Waals surface area contributed by atoms with E-state index in [1.165, 1.54) is 18.5 Å². The van der Waals surface area contributed by atoms with Gasteiger partial charge < -0.3 is 16.4 Å². The number of para-hydroxylation sites is 1. The van der Waals surface area contributed by atoms with Crippen molar-refractivity contribution in [1.29, 1.82) is 0 Å². The number of hydrogen-bond acceptors (Lipinski definition) is 5. The third-order valence-corrected chi connectivity index (χ3v) is 5.40. The number of hydrogen-bond donors (Lipinski definition) is 3. The summed E-state index contributed by atoms with van der Waals surface area (Å²) in [5, 5.41) is 7.36. The van der Waals surface area contributed by atoms with Crippen LogP contribution in [0.4, 0.5) is 19.0 Å². The zero-order valence-electron chi connectivity index (χ0n) is 15.9. The molecular weight excluding hydrogens is 395 g/mol. The molecule has 1 unspecified atom stereocenters. The highest BCUT2D eigenvalue weighted by atomic mass is 19.4. The van der Waals surface area contributed by atoms with Crippen LogP contribution in [0.25, 0.3) is 10.9 Å². The molecular formula is C21H20F3N5O. The average Bonchev–Trinajstić information content (AvgIpc) is 2.73. The molecule has 1 fully saturated rings. The second kappa shape index (κ2) is 7.91. The standard InChI is InChI=1S/C21H20F3N5O/c22-21(23,24)13-6-4-12(5-7-13)14-8-9-26-10-17(14)29-20-16-3-1-2-15(19(25)30)18(16)27-11-28-20/h1-7,11,14,17,26H,8-10H2,(H2,25,30)(H,27,28,29)/t14-,17?/m1/s1. The minimum absolute atomic E-state index is 0.00197. The number of carbonyl (C=O) groups is 1. The Morgan fingerprint density at radius 1 is 1.13 bits per heavy atom. The molecule has 1 amide bonds. The summed E-state index contributed by atoms with van der Waals surface area (Å²) in [6.45, 7) is 1.38. The summed E-state index contributed by atoms with van der Waals surface area (Å²) >= 11 is 0. The lowest BCUT2D eigenvalue weighted by Gasteiger charge is -2.34. The zero-order valence-corrected chi connectivity index (χ0v) is 15.9. The molecule has 0 spiro atoms. The first-order chi connectivity index (χ1) is 14.3. The van der Waals surface area contributed by atoms with E-state index < -0.39 is 17.6 Å². The van der Waals surface area contributed by atoms with Crippen LogP contribution in [0, 0.1) is 0 Å². The number of aromatic nitrogens is 2. The number of primary amides is 1. The summed E-state index contributed by atoms with van der Waals surface area (Å²) in [4.78, 5) is 20.2. The van der Waals surface area contributed by atoms with Gasteiger partial charge in [-0.15, -0.1) is 0 Å². The van der Waals surface area contributed by atoms with Gasteiger partial charge in [-0.05, 0) is 42.8 Å². The quantitative estimate of drug-likeness (QED) is 0.608. The van der Waals surface area contributed by atoms with E-state index in [-0.39, 0.29) is 12.0 Å². The zero-order chi connectivity index (χ0) is 21.3. The molecule has 4 N–H and O–H groups in total. The van der Waals surface area contributed by atoms with Gasteiger partial charge in [0.25, 0.3) is 5.91 Å². The molecule has 0 aliphatic carbocycles. The fraction of sp³-hybridized carbons (Fsp3) is 0.286. The number of carbonyl (C=O) groups excluding carboxylic acids is 1. The Morgan fingerprint density at radius 2 is 1.90 bits per heavy atom. The molecule has 30 heavy (non-hydrogen) atoms. The number of alkyl halides is 3. The molecule has 1 aromatic heterocycles. The Labute approximate surface area is 170 Å². The molecule has 0 radical (unpaired) electrons. The fourth-order valence-electron chi connectivity index (χ4n) is 3.91. The number of benzene rings is 2. The number of fused-ring (bicyclic) bond motifs is 1. The minimum Gasteiger partial charge on any atom is -0.366 e. The molecule has 9 heteroatoms. The van der Waals surface area contributed by atoms with E-state index in [0.29, 0.717) is 28.8 Å². The number of nitrogens with zero attached hydrogens (tertiary/aromatic N) is 2. The van der Waals surface area contributed by atoms with Gasteiger partial charge in [-0.1, -0.05) is 18.2 Å². The Morgan fingerprint density at radius 3 is 2.60 bits per heavy atom. The Balaban J connectivity index is 1.65. The van der Waals surface area contributed by atoms with Crippen molar-refractivity contribution in [2.75, 3.05) is 18.4 Å². The van der Waals surface area contributed by atoms with Crippen LogP contribution in [-0.4, -0.2) is 35.0 Å². The van der Waals surface area contributed by atoms with Gasteiger partial charge in [-0.2, -0.15) is 13.2 Å².